The minimum atomic E-state index is -0.0371. The summed E-state index contributed by atoms with van der Waals surface area (Å²) in [6, 6.07) is 16.2. The first-order valence-corrected chi connectivity index (χ1v) is 12.2. The van der Waals surface area contributed by atoms with E-state index >= 15 is 0 Å². The number of amides is 2. The number of para-hydroxylation sites is 2. The molecule has 0 radical (unpaired) electrons. The first-order valence-electron chi connectivity index (χ1n) is 12.2. The predicted octanol–water partition coefficient (Wildman–Crippen LogP) is 4.38. The predicted molar refractivity (Wildman–Crippen MR) is 130 cm³/mol. The van der Waals surface area contributed by atoms with E-state index in [9.17, 15) is 9.59 Å². The molecule has 0 aliphatic carbocycles. The van der Waals surface area contributed by atoms with Crippen LogP contribution in [-0.2, 0) is 22.6 Å². The first-order chi connectivity index (χ1) is 16.0. The van der Waals surface area contributed by atoms with Crippen LogP contribution in [0.3, 0.4) is 0 Å². The Balaban J connectivity index is 1.42. The molecule has 3 aromatic rings. The third-order valence-electron chi connectivity index (χ3n) is 7.26. The summed E-state index contributed by atoms with van der Waals surface area (Å²) in [5.41, 5.74) is 4.03. The number of benzene rings is 2. The molecule has 3 heterocycles. The van der Waals surface area contributed by atoms with Gasteiger partial charge in [0.25, 0.3) is 0 Å². The van der Waals surface area contributed by atoms with E-state index in [0.29, 0.717) is 18.9 Å². The molecule has 5 rings (SSSR count). The van der Waals surface area contributed by atoms with E-state index in [1.807, 2.05) is 46.2 Å². The first kappa shape index (κ1) is 21.7. The number of hydrogen-bond donors (Lipinski definition) is 0. The lowest BCUT2D eigenvalue weighted by atomic mass is 9.99. The van der Waals surface area contributed by atoms with E-state index in [4.69, 9.17) is 4.98 Å². The van der Waals surface area contributed by atoms with Crippen molar-refractivity contribution < 1.29 is 9.59 Å². The van der Waals surface area contributed by atoms with Crippen molar-refractivity contribution in [3.05, 3.63) is 59.9 Å². The molecule has 2 aliphatic rings. The van der Waals surface area contributed by atoms with Crippen molar-refractivity contribution in [2.75, 3.05) is 24.5 Å². The summed E-state index contributed by atoms with van der Waals surface area (Å²) in [5, 5.41) is 0. The lowest BCUT2D eigenvalue weighted by Crippen LogP contribution is -2.40. The third-order valence-corrected chi connectivity index (χ3v) is 7.26. The van der Waals surface area contributed by atoms with Gasteiger partial charge in [0.05, 0.1) is 11.0 Å². The number of rotatable bonds is 5. The number of imidazole rings is 1. The van der Waals surface area contributed by atoms with Crippen molar-refractivity contribution in [1.82, 2.24) is 14.5 Å². The summed E-state index contributed by atoms with van der Waals surface area (Å²) < 4.78 is 2.05. The van der Waals surface area contributed by atoms with Crippen LogP contribution in [0, 0.1) is 5.92 Å². The zero-order valence-corrected chi connectivity index (χ0v) is 19.5. The van der Waals surface area contributed by atoms with Crippen molar-refractivity contribution in [1.29, 1.82) is 0 Å². The molecule has 2 amide bonds. The zero-order chi connectivity index (χ0) is 22.9. The van der Waals surface area contributed by atoms with Gasteiger partial charge in [0.1, 0.15) is 12.4 Å². The number of likely N-dealkylation sites (tertiary alicyclic amines) is 1. The fourth-order valence-corrected chi connectivity index (χ4v) is 5.11. The normalized spacial score (nSPS) is 19.6. The summed E-state index contributed by atoms with van der Waals surface area (Å²) in [5.74, 6) is 1.74. The molecule has 33 heavy (non-hydrogen) atoms. The van der Waals surface area contributed by atoms with Gasteiger partial charge in [-0.3, -0.25) is 9.59 Å². The molecule has 172 valence electrons. The van der Waals surface area contributed by atoms with Crippen LogP contribution in [-0.4, -0.2) is 45.9 Å². The highest BCUT2D eigenvalue weighted by atomic mass is 16.2. The maximum atomic E-state index is 13.2. The average Bonchev–Trinajstić information content (AvgIpc) is 3.40. The molecule has 2 aliphatic heterocycles. The summed E-state index contributed by atoms with van der Waals surface area (Å²) in [4.78, 5) is 34.9. The Bertz CT molecular complexity index is 1160. The van der Waals surface area contributed by atoms with Crippen molar-refractivity contribution >= 4 is 28.5 Å². The van der Waals surface area contributed by atoms with Crippen LogP contribution in [0.4, 0.5) is 5.69 Å². The van der Waals surface area contributed by atoms with Gasteiger partial charge in [-0.25, -0.2) is 4.98 Å². The van der Waals surface area contributed by atoms with Crippen LogP contribution in [0.15, 0.2) is 48.5 Å². The number of carbonyl (C=O) groups is 2. The number of aryl methyl sites for hydroxylation is 1. The van der Waals surface area contributed by atoms with E-state index < -0.39 is 0 Å². The molecule has 2 aromatic carbocycles. The molecule has 0 unspecified atom stereocenters. The van der Waals surface area contributed by atoms with Crippen molar-refractivity contribution in [2.24, 2.45) is 5.92 Å². The smallest absolute Gasteiger partial charge is 0.242 e. The highest BCUT2D eigenvalue weighted by Crippen LogP contribution is 2.33. The van der Waals surface area contributed by atoms with Crippen LogP contribution in [0.1, 0.15) is 50.4 Å². The van der Waals surface area contributed by atoms with Gasteiger partial charge >= 0.3 is 0 Å². The Kier molecular flexibility index (Phi) is 5.92. The molecule has 6 heteroatoms. The van der Waals surface area contributed by atoms with E-state index in [0.717, 1.165) is 54.9 Å². The van der Waals surface area contributed by atoms with Crippen molar-refractivity contribution in [3.8, 4) is 0 Å². The van der Waals surface area contributed by atoms with Gasteiger partial charge in [0.15, 0.2) is 0 Å². The largest absolute Gasteiger partial charge is 0.341 e. The molecule has 1 aromatic heterocycles. The van der Waals surface area contributed by atoms with Crippen LogP contribution >= 0.6 is 0 Å². The molecule has 0 N–H and O–H groups in total. The number of hydrogen-bond acceptors (Lipinski definition) is 3. The van der Waals surface area contributed by atoms with Gasteiger partial charge in [0.2, 0.25) is 11.8 Å². The minimum absolute atomic E-state index is 0.0371. The monoisotopic (exact) mass is 444 g/mol. The molecular weight excluding hydrogens is 412 g/mol. The molecule has 6 nitrogen and oxygen atoms in total. The Morgan fingerprint density at radius 1 is 1.06 bits per heavy atom. The lowest BCUT2D eigenvalue weighted by molar-refractivity contribution is -0.133. The fraction of sp³-hybridized carbons (Fsp3) is 0.444. The quantitative estimate of drug-likeness (QED) is 0.587. The highest BCUT2D eigenvalue weighted by Gasteiger charge is 2.35. The van der Waals surface area contributed by atoms with Gasteiger partial charge in [-0.15, -0.1) is 0 Å². The standard InChI is InChI=1S/C27H32N4O2/c1-3-20-8-10-22(11-9-20)30-17-21(16-25(30)32)27-28-23-6-4-5-7-24(23)31(27)18-26(33)29-14-12-19(2)13-15-29/h4-11,19,21H,3,12-18H2,1-2H3/t21-/m1/s1. The van der Waals surface area contributed by atoms with E-state index in [-0.39, 0.29) is 24.3 Å². The Morgan fingerprint density at radius 2 is 1.79 bits per heavy atom. The average molecular weight is 445 g/mol. The van der Waals surface area contributed by atoms with Crippen LogP contribution in [0.2, 0.25) is 0 Å². The fourth-order valence-electron chi connectivity index (χ4n) is 5.11. The maximum Gasteiger partial charge on any atom is 0.242 e. The number of fused-ring (bicyclic) bond motifs is 1. The van der Waals surface area contributed by atoms with Crippen LogP contribution < -0.4 is 4.90 Å². The van der Waals surface area contributed by atoms with E-state index in [2.05, 4.69) is 30.5 Å². The molecule has 0 spiro atoms. The summed E-state index contributed by atoms with van der Waals surface area (Å²) in [7, 11) is 0. The van der Waals surface area contributed by atoms with Gasteiger partial charge in [-0.05, 0) is 55.0 Å². The lowest BCUT2D eigenvalue weighted by Gasteiger charge is -2.30. The molecule has 1 atom stereocenters. The SMILES string of the molecule is CCc1ccc(N2C[C@H](c3nc4ccccc4n3CC(=O)N3CCC(C)CC3)CC2=O)cc1. The van der Waals surface area contributed by atoms with Gasteiger partial charge in [-0.1, -0.05) is 38.1 Å². The summed E-state index contributed by atoms with van der Waals surface area (Å²) >= 11 is 0. The second kappa shape index (κ2) is 9.00. The topological polar surface area (TPSA) is 58.4 Å². The molecule has 0 saturated carbocycles. The summed E-state index contributed by atoms with van der Waals surface area (Å²) in [6.07, 6.45) is 3.51. The Hall–Kier alpha value is -3.15. The van der Waals surface area contributed by atoms with Gasteiger partial charge in [-0.2, -0.15) is 0 Å². The number of nitrogens with zero attached hydrogens (tertiary/aromatic N) is 4. The van der Waals surface area contributed by atoms with Gasteiger partial charge < -0.3 is 14.4 Å². The Labute approximate surface area is 195 Å². The molecule has 2 saturated heterocycles. The van der Waals surface area contributed by atoms with Crippen molar-refractivity contribution in [3.63, 3.8) is 0 Å². The van der Waals surface area contributed by atoms with E-state index in [1.54, 1.807) is 0 Å². The number of carbonyl (C=O) groups excluding carboxylic acids is 2. The highest BCUT2D eigenvalue weighted by molar-refractivity contribution is 5.96. The van der Waals surface area contributed by atoms with Crippen LogP contribution in [0.5, 0.6) is 0 Å². The molecule has 0 bridgehead atoms. The minimum Gasteiger partial charge on any atom is -0.341 e. The second-order valence-electron chi connectivity index (χ2n) is 9.53. The zero-order valence-electron chi connectivity index (χ0n) is 19.5. The number of aromatic nitrogens is 2. The van der Waals surface area contributed by atoms with Crippen LogP contribution in [0.25, 0.3) is 11.0 Å². The number of piperidine rings is 1. The van der Waals surface area contributed by atoms with Crippen molar-refractivity contribution in [2.45, 2.75) is 52.0 Å². The molecule has 2 fully saturated rings. The van der Waals surface area contributed by atoms with E-state index in [1.165, 1.54) is 5.56 Å². The molecular formula is C27H32N4O2. The number of anilines is 1. The third kappa shape index (κ3) is 4.26. The Morgan fingerprint density at radius 3 is 2.52 bits per heavy atom. The maximum absolute atomic E-state index is 13.2. The van der Waals surface area contributed by atoms with Gasteiger partial charge in [0, 0.05) is 37.7 Å². The second-order valence-corrected chi connectivity index (χ2v) is 9.53. The summed E-state index contributed by atoms with van der Waals surface area (Å²) in [6.45, 7) is 6.89.